The molecule has 0 aromatic rings. The van der Waals surface area contributed by atoms with Gasteiger partial charge in [0.1, 0.15) is 0 Å². The smallest absolute Gasteiger partial charge is 0.153 e. The fourth-order valence-corrected chi connectivity index (χ4v) is 2.12. The van der Waals surface area contributed by atoms with Crippen LogP contribution in [0.3, 0.4) is 0 Å². The quantitative estimate of drug-likeness (QED) is 0.251. The minimum absolute atomic E-state index is 0.471. The second-order valence-electron chi connectivity index (χ2n) is 7.98. The molecule has 0 saturated heterocycles. The summed E-state index contributed by atoms with van der Waals surface area (Å²) < 4.78 is 0. The van der Waals surface area contributed by atoms with Gasteiger partial charge in [-0.05, 0) is 77.9 Å². The van der Waals surface area contributed by atoms with Crippen molar-refractivity contribution in [2.75, 3.05) is 0 Å². The minimum atomic E-state index is 0.471. The number of rotatable bonds is 3. The highest BCUT2D eigenvalue weighted by Crippen LogP contribution is 2.04. The van der Waals surface area contributed by atoms with E-state index in [4.69, 9.17) is 5.26 Å². The lowest BCUT2D eigenvalue weighted by Gasteiger charge is -1.91. The van der Waals surface area contributed by atoms with E-state index in [1.807, 2.05) is 6.92 Å². The van der Waals surface area contributed by atoms with Crippen molar-refractivity contribution in [1.82, 2.24) is 0 Å². The van der Waals surface area contributed by atoms with E-state index < -0.39 is 0 Å². The van der Waals surface area contributed by atoms with Crippen LogP contribution in [0.15, 0.2) is 72.2 Å². The van der Waals surface area contributed by atoms with E-state index in [0.29, 0.717) is 11.1 Å². The lowest BCUT2D eigenvalue weighted by Crippen LogP contribution is -1.81. The summed E-state index contributed by atoms with van der Waals surface area (Å²) in [5, 5.41) is 8.20. The number of nitriles is 1. The fraction of sp³-hybridized carbons (Fsp3) is 0.0179. The van der Waals surface area contributed by atoms with Crippen molar-refractivity contribution in [2.45, 2.75) is 6.92 Å². The third-order valence-electron chi connectivity index (χ3n) is 4.13. The van der Waals surface area contributed by atoms with Gasteiger partial charge in [0.25, 0.3) is 0 Å². The summed E-state index contributed by atoms with van der Waals surface area (Å²) in [5.74, 6) is 106. The van der Waals surface area contributed by atoms with Crippen molar-refractivity contribution in [3.05, 3.63) is 72.2 Å². The highest BCUT2D eigenvalue weighted by atomic mass is 14.2. The van der Waals surface area contributed by atoms with Crippen LogP contribution in [0.25, 0.3) is 0 Å². The molecule has 0 unspecified atom stereocenters. The summed E-state index contributed by atoms with van der Waals surface area (Å²) in [4.78, 5) is 0. The van der Waals surface area contributed by atoms with E-state index in [1.54, 1.807) is 30.4 Å². The van der Waals surface area contributed by atoms with Gasteiger partial charge in [-0.2, -0.15) is 5.26 Å². The maximum atomic E-state index is 8.20. The Balaban J connectivity index is 4.87. The largest absolute Gasteiger partial charge is 0.183 e. The molecule has 0 aliphatic heterocycles. The molecule has 0 fully saturated rings. The zero-order valence-electron chi connectivity index (χ0n) is 29.9. The van der Waals surface area contributed by atoms with E-state index >= 15 is 0 Å². The average Bonchev–Trinajstić information content (AvgIpc) is 3.21. The monoisotopic (exact) mass is 699 g/mol. The van der Waals surface area contributed by atoms with E-state index in [-0.39, 0.29) is 0 Å². The van der Waals surface area contributed by atoms with Crippen LogP contribution in [0.4, 0.5) is 0 Å². The average molecular weight is 700 g/mol. The first-order valence-corrected chi connectivity index (χ1v) is 14.9. The van der Waals surface area contributed by atoms with Crippen LogP contribution in [0.1, 0.15) is 6.92 Å². The molecule has 0 atom stereocenters. The van der Waals surface area contributed by atoms with Gasteiger partial charge in [0.2, 0.25) is 0 Å². The second kappa shape index (κ2) is 39.0. The molecule has 242 valence electrons. The molecule has 0 N–H and O–H groups in total. The minimum Gasteiger partial charge on any atom is -0.183 e. The lowest BCUT2D eigenvalue weighted by molar-refractivity contribution is 1.55. The Morgan fingerprint density at radius 2 is 0.667 bits per heavy atom. The predicted octanol–water partition coefficient (Wildman–Crippen LogP) is 3.69. The van der Waals surface area contributed by atoms with Gasteiger partial charge in [0.05, 0.1) is 5.57 Å². The van der Waals surface area contributed by atoms with Gasteiger partial charge in [-0.1, -0.05) is 43.7 Å². The predicted molar refractivity (Wildman–Crippen MR) is 227 cm³/mol. The van der Waals surface area contributed by atoms with Gasteiger partial charge >= 0.3 is 0 Å². The molecular weight excluding hydrogens is 687 g/mol. The van der Waals surface area contributed by atoms with Gasteiger partial charge in [-0.25, -0.2) is 0 Å². The van der Waals surface area contributed by atoms with E-state index in [2.05, 4.69) is 280 Å². The summed E-state index contributed by atoms with van der Waals surface area (Å²) >= 11 is 0. The van der Waals surface area contributed by atoms with E-state index in [1.165, 1.54) is 0 Å². The highest BCUT2D eigenvalue weighted by Gasteiger charge is 1.94. The van der Waals surface area contributed by atoms with Crippen molar-refractivity contribution < 1.29 is 0 Å². The molecule has 57 heavy (non-hydrogen) atoms. The molecule has 0 amide bonds. The van der Waals surface area contributed by atoms with Crippen molar-refractivity contribution >= 4 is 0 Å². The molecule has 0 aliphatic rings. The SMILES string of the molecule is C=C=CC=C=C(C#CC#CC#CC#CC#CC#CC#CC#CC#CC#CC#CC#CC#CC#CC#CC#CC#CC#CC#CC#CC#N)C(=C)C#C/C(C)=C/C=C. The van der Waals surface area contributed by atoms with Crippen LogP contribution >= 0.6 is 0 Å². The third kappa shape index (κ3) is 35.6. The Kier molecular flexibility index (Phi) is 31.1. The van der Waals surface area contributed by atoms with E-state index in [0.717, 1.165) is 5.57 Å². The Bertz CT molecular complexity index is 3330. The summed E-state index contributed by atoms with van der Waals surface area (Å²) in [7, 11) is 0. The van der Waals surface area contributed by atoms with Crippen LogP contribution in [0.2, 0.25) is 0 Å². The second-order valence-corrected chi connectivity index (χ2v) is 7.98. The third-order valence-corrected chi connectivity index (χ3v) is 4.13. The fourth-order valence-electron chi connectivity index (χ4n) is 2.12. The normalized spacial score (nSPS) is 5.30. The first-order chi connectivity index (χ1) is 28.2. The van der Waals surface area contributed by atoms with Crippen LogP contribution in [0, 0.1) is 260 Å². The maximum absolute atomic E-state index is 8.20. The van der Waals surface area contributed by atoms with E-state index in [9.17, 15) is 0 Å². The first kappa shape index (κ1) is 45.5. The molecule has 1 heteroatoms. The molecule has 0 rings (SSSR count). The Morgan fingerprint density at radius 1 is 0.386 bits per heavy atom. The molecule has 1 nitrogen and oxygen atoms in total. The number of nitrogens with zero attached hydrogens (tertiary/aromatic N) is 1. The molecule has 0 radical (unpaired) electrons. The molecule has 0 aliphatic carbocycles. The highest BCUT2D eigenvalue weighted by molar-refractivity contribution is 5.57. The molecule has 0 saturated carbocycles. The molecule has 0 bridgehead atoms. The summed E-state index contributed by atoms with van der Waals surface area (Å²) in [6, 6.07) is 1.63. The van der Waals surface area contributed by atoms with Crippen LogP contribution in [0.5, 0.6) is 0 Å². The van der Waals surface area contributed by atoms with Crippen molar-refractivity contribution in [3.8, 4) is 255 Å². The Morgan fingerprint density at radius 3 is 0.930 bits per heavy atom. The number of allylic oxidation sites excluding steroid dienone is 6. The lowest BCUT2D eigenvalue weighted by atomic mass is 10.1. The zero-order valence-corrected chi connectivity index (χ0v) is 29.9. The summed E-state index contributed by atoms with van der Waals surface area (Å²) in [6.07, 6.45) is 6.63. The van der Waals surface area contributed by atoms with Gasteiger partial charge in [-0.15, -0.1) is 11.5 Å². The van der Waals surface area contributed by atoms with Gasteiger partial charge < -0.3 is 0 Å². The van der Waals surface area contributed by atoms with Gasteiger partial charge in [-0.3, -0.25) is 0 Å². The summed E-state index contributed by atoms with van der Waals surface area (Å²) in [6.45, 7) is 12.9. The standard InChI is InChI=1S/C56H13N/c1-5-7-45-49-56(55(4)52-51-54(3)48-6-2)50-46-43-41-39-37-35-33-31-29-27-25-23-21-19-17-15-13-11-9-8-10-12-14-16-18-20-22-24-26-28-30-32-34-36-38-40-42-44-47-53-57/h6-7,45,48H,1-2,4H2,3H3/b54-48+. The summed E-state index contributed by atoms with van der Waals surface area (Å²) in [5.41, 5.74) is 7.38. The van der Waals surface area contributed by atoms with Crippen LogP contribution in [-0.2, 0) is 0 Å². The van der Waals surface area contributed by atoms with Crippen LogP contribution in [-0.4, -0.2) is 0 Å². The number of hydrogen-bond acceptors (Lipinski definition) is 1. The van der Waals surface area contributed by atoms with Gasteiger partial charge in [0.15, 0.2) is 6.07 Å². The molecule has 0 spiro atoms. The zero-order chi connectivity index (χ0) is 41.4. The molecular formula is C56H13N. The first-order valence-electron chi connectivity index (χ1n) is 14.9. The van der Waals surface area contributed by atoms with Crippen molar-refractivity contribution in [2.24, 2.45) is 0 Å². The van der Waals surface area contributed by atoms with Crippen molar-refractivity contribution in [1.29, 1.82) is 5.26 Å². The Hall–Kier alpha value is -11.5. The molecule has 0 heterocycles. The van der Waals surface area contributed by atoms with Gasteiger partial charge in [0, 0.05) is 189 Å². The molecule has 0 aromatic heterocycles. The Labute approximate surface area is 337 Å². The molecule has 0 aromatic carbocycles. The van der Waals surface area contributed by atoms with Crippen LogP contribution < -0.4 is 0 Å². The topological polar surface area (TPSA) is 23.8 Å². The maximum Gasteiger partial charge on any atom is 0.153 e. The number of hydrogen-bond donors (Lipinski definition) is 0. The van der Waals surface area contributed by atoms with Crippen molar-refractivity contribution in [3.63, 3.8) is 0 Å².